The molecular formula is C23H32ClN3O2S. The zero-order chi connectivity index (χ0) is 21.5. The average molecular weight is 450 g/mol. The first-order chi connectivity index (χ1) is 14.5. The van der Waals surface area contributed by atoms with Gasteiger partial charge in [-0.1, -0.05) is 81.6 Å². The molecule has 0 radical (unpaired) electrons. The first-order valence-electron chi connectivity index (χ1n) is 11.0. The van der Waals surface area contributed by atoms with E-state index in [1.54, 1.807) is 0 Å². The summed E-state index contributed by atoms with van der Waals surface area (Å²) in [7, 11) is 0. The molecule has 1 aromatic heterocycles. The lowest BCUT2D eigenvalue weighted by molar-refractivity contribution is -0.144. The highest BCUT2D eigenvalue weighted by molar-refractivity contribution is 7.99. The van der Waals surface area contributed by atoms with Crippen LogP contribution in [-0.2, 0) is 9.53 Å². The van der Waals surface area contributed by atoms with Crippen LogP contribution in [-0.4, -0.2) is 33.1 Å². The van der Waals surface area contributed by atoms with Gasteiger partial charge in [0.1, 0.15) is 5.82 Å². The predicted molar refractivity (Wildman–Crippen MR) is 122 cm³/mol. The van der Waals surface area contributed by atoms with Crippen molar-refractivity contribution < 1.29 is 9.53 Å². The zero-order valence-corrected chi connectivity index (χ0v) is 19.7. The monoisotopic (exact) mass is 449 g/mol. The molecule has 0 N–H and O–H groups in total. The van der Waals surface area contributed by atoms with Crippen LogP contribution in [0.25, 0.3) is 0 Å². The Labute approximate surface area is 188 Å². The second kappa shape index (κ2) is 11.2. The minimum Gasteiger partial charge on any atom is -0.465 e. The average Bonchev–Trinajstić information content (AvgIpc) is 3.28. The van der Waals surface area contributed by atoms with Crippen molar-refractivity contribution in [2.75, 3.05) is 12.4 Å². The van der Waals surface area contributed by atoms with Crippen LogP contribution in [0.3, 0.4) is 0 Å². The number of halogens is 1. The summed E-state index contributed by atoms with van der Waals surface area (Å²) in [6.07, 6.45) is 5.88. The number of esters is 1. The van der Waals surface area contributed by atoms with Crippen LogP contribution < -0.4 is 0 Å². The number of carbonyl (C=O) groups is 1. The van der Waals surface area contributed by atoms with Gasteiger partial charge >= 0.3 is 5.97 Å². The van der Waals surface area contributed by atoms with Crippen molar-refractivity contribution in [2.45, 2.75) is 76.4 Å². The molecule has 7 heteroatoms. The predicted octanol–water partition coefficient (Wildman–Crippen LogP) is 6.27. The number of unbranched alkanes of at least 4 members (excludes halogenated alkanes) is 1. The smallest absolute Gasteiger partial charge is 0.306 e. The molecule has 0 saturated heterocycles. The number of benzene rings is 1. The maximum absolute atomic E-state index is 12.1. The van der Waals surface area contributed by atoms with E-state index in [-0.39, 0.29) is 12.0 Å². The van der Waals surface area contributed by atoms with E-state index in [1.807, 2.05) is 22.9 Å². The third-order valence-corrected chi connectivity index (χ3v) is 6.96. The summed E-state index contributed by atoms with van der Waals surface area (Å²) in [5.41, 5.74) is 1.09. The molecule has 3 rings (SSSR count). The number of thioether (sulfide) groups is 1. The van der Waals surface area contributed by atoms with Gasteiger partial charge in [0.05, 0.1) is 19.1 Å². The lowest BCUT2D eigenvalue weighted by atomic mass is 10.0. The Kier molecular flexibility index (Phi) is 8.63. The molecule has 1 aliphatic heterocycles. The van der Waals surface area contributed by atoms with Crippen molar-refractivity contribution >= 4 is 29.3 Å². The lowest BCUT2D eigenvalue weighted by Gasteiger charge is -2.14. The van der Waals surface area contributed by atoms with Gasteiger partial charge in [-0.25, -0.2) is 9.67 Å². The Balaban J connectivity index is 1.51. The molecule has 5 nitrogen and oxygen atoms in total. The van der Waals surface area contributed by atoms with Gasteiger partial charge in [0, 0.05) is 16.7 Å². The maximum Gasteiger partial charge on any atom is 0.306 e. The largest absolute Gasteiger partial charge is 0.465 e. The molecule has 2 heterocycles. The van der Waals surface area contributed by atoms with Crippen LogP contribution in [0, 0.1) is 5.92 Å². The van der Waals surface area contributed by atoms with Crippen molar-refractivity contribution in [3.8, 4) is 0 Å². The molecule has 0 saturated carbocycles. The summed E-state index contributed by atoms with van der Waals surface area (Å²) in [4.78, 5) is 16.8. The highest BCUT2D eigenvalue weighted by Gasteiger charge is 2.33. The van der Waals surface area contributed by atoms with Crippen LogP contribution >= 0.6 is 23.4 Å². The second-order valence-electron chi connectivity index (χ2n) is 8.07. The number of hydrogen-bond donors (Lipinski definition) is 0. The molecule has 1 aromatic carbocycles. The normalized spacial score (nSPS) is 18.9. The number of hydrogen-bond acceptors (Lipinski definition) is 5. The van der Waals surface area contributed by atoms with Crippen molar-refractivity contribution in [2.24, 2.45) is 5.92 Å². The zero-order valence-electron chi connectivity index (χ0n) is 18.1. The van der Waals surface area contributed by atoms with E-state index in [0.717, 1.165) is 40.8 Å². The van der Waals surface area contributed by atoms with Crippen molar-refractivity contribution in [3.05, 3.63) is 40.7 Å². The quantitative estimate of drug-likeness (QED) is 0.299. The fourth-order valence-electron chi connectivity index (χ4n) is 3.89. The Morgan fingerprint density at radius 1 is 1.37 bits per heavy atom. The molecule has 1 aliphatic rings. The number of nitrogens with zero attached hydrogens (tertiary/aromatic N) is 3. The molecular weight excluding hydrogens is 418 g/mol. The SMILES string of the molecule is CCCCC(CC)COC(=O)CCSc1nc2n(n1)[C@H](c1ccccc1Cl)C[C@@H]2C. The number of carbonyl (C=O) groups excluding carboxylic acids is 1. The lowest BCUT2D eigenvalue weighted by Crippen LogP contribution is -2.14. The summed E-state index contributed by atoms with van der Waals surface area (Å²) >= 11 is 7.93. The van der Waals surface area contributed by atoms with Crippen LogP contribution in [0.15, 0.2) is 29.4 Å². The van der Waals surface area contributed by atoms with Crippen molar-refractivity contribution in [3.63, 3.8) is 0 Å². The molecule has 1 unspecified atom stereocenters. The molecule has 0 fully saturated rings. The highest BCUT2D eigenvalue weighted by atomic mass is 35.5. The molecule has 0 bridgehead atoms. The fourth-order valence-corrected chi connectivity index (χ4v) is 4.91. The summed E-state index contributed by atoms with van der Waals surface area (Å²) in [6.45, 7) is 7.05. The first-order valence-corrected chi connectivity index (χ1v) is 12.4. The molecule has 30 heavy (non-hydrogen) atoms. The molecule has 0 aliphatic carbocycles. The summed E-state index contributed by atoms with van der Waals surface area (Å²) in [5, 5.41) is 6.20. The topological polar surface area (TPSA) is 57.0 Å². The van der Waals surface area contributed by atoms with E-state index in [4.69, 9.17) is 26.4 Å². The standard InChI is InChI=1S/C23H32ClN3O2S/c1-4-6-9-17(5-2)15-29-21(28)12-13-30-23-25-22-16(3)14-20(27(22)26-23)18-10-7-8-11-19(18)24/h7-8,10-11,16-17,20H,4-6,9,12-15H2,1-3H3/t16-,17?,20-/m0/s1. The first kappa shape index (κ1) is 23.1. The summed E-state index contributed by atoms with van der Waals surface area (Å²) in [5.74, 6) is 2.28. The second-order valence-corrected chi connectivity index (χ2v) is 9.54. The summed E-state index contributed by atoms with van der Waals surface area (Å²) < 4.78 is 7.49. The van der Waals surface area contributed by atoms with Crippen molar-refractivity contribution in [1.29, 1.82) is 0 Å². The third kappa shape index (κ3) is 5.79. The van der Waals surface area contributed by atoms with Gasteiger partial charge in [0.2, 0.25) is 5.16 Å². The van der Waals surface area contributed by atoms with Gasteiger partial charge in [0.15, 0.2) is 0 Å². The van der Waals surface area contributed by atoms with Gasteiger partial charge in [-0.3, -0.25) is 4.79 Å². The van der Waals surface area contributed by atoms with Gasteiger partial charge in [0.25, 0.3) is 0 Å². The number of fused-ring (bicyclic) bond motifs is 1. The van der Waals surface area contributed by atoms with E-state index >= 15 is 0 Å². The minimum atomic E-state index is -0.133. The van der Waals surface area contributed by atoms with Crippen LogP contribution in [0.4, 0.5) is 0 Å². The Morgan fingerprint density at radius 3 is 2.90 bits per heavy atom. The maximum atomic E-state index is 12.1. The summed E-state index contributed by atoms with van der Waals surface area (Å²) in [6, 6.07) is 8.05. The minimum absolute atomic E-state index is 0.115. The van der Waals surface area contributed by atoms with Crippen LogP contribution in [0.5, 0.6) is 0 Å². The Morgan fingerprint density at radius 2 is 2.17 bits per heavy atom. The third-order valence-electron chi connectivity index (χ3n) is 5.78. The fraction of sp³-hybridized carbons (Fsp3) is 0.609. The van der Waals surface area contributed by atoms with E-state index < -0.39 is 0 Å². The van der Waals surface area contributed by atoms with Crippen LogP contribution in [0.2, 0.25) is 5.02 Å². The number of ether oxygens (including phenoxy) is 1. The highest BCUT2D eigenvalue weighted by Crippen LogP contribution is 2.41. The van der Waals surface area contributed by atoms with E-state index in [0.29, 0.717) is 30.6 Å². The molecule has 0 amide bonds. The molecule has 2 aromatic rings. The van der Waals surface area contributed by atoms with Gasteiger partial charge in [-0.15, -0.1) is 5.10 Å². The van der Waals surface area contributed by atoms with E-state index in [1.165, 1.54) is 24.6 Å². The molecule has 3 atom stereocenters. The molecule has 0 spiro atoms. The van der Waals surface area contributed by atoms with Gasteiger partial charge in [-0.2, -0.15) is 0 Å². The Hall–Kier alpha value is -1.53. The Bertz CT molecular complexity index is 842. The van der Waals surface area contributed by atoms with E-state index in [9.17, 15) is 4.79 Å². The van der Waals surface area contributed by atoms with Crippen molar-refractivity contribution in [1.82, 2.24) is 14.8 Å². The van der Waals surface area contributed by atoms with Gasteiger partial charge in [-0.05, 0) is 30.4 Å². The number of rotatable bonds is 11. The van der Waals surface area contributed by atoms with E-state index in [2.05, 4.69) is 26.8 Å². The molecule has 164 valence electrons. The van der Waals surface area contributed by atoms with Crippen LogP contribution in [0.1, 0.15) is 82.6 Å². The van der Waals surface area contributed by atoms with Gasteiger partial charge < -0.3 is 4.74 Å². The number of aromatic nitrogens is 3.